The molecule has 2 nitrogen and oxygen atoms in total. The maximum Gasteiger partial charge on any atom is 0.144 e. The second-order valence-electron chi connectivity index (χ2n) is 4.82. The lowest BCUT2D eigenvalue weighted by molar-refractivity contribution is 0.585. The van der Waals surface area contributed by atoms with Gasteiger partial charge in [-0.05, 0) is 42.3 Å². The minimum Gasteiger partial charge on any atom is -0.346 e. The molecule has 0 aliphatic rings. The standard InChI is InChI=1S/C14H15BrN2S/c1-9-11(15)12(18)17-13(16-9)14(2,3)10-7-5-4-6-8-10/h4-8H,1-3H3,(H,16,17,18). The molecule has 1 aromatic heterocycles. The molecule has 94 valence electrons. The smallest absolute Gasteiger partial charge is 0.144 e. The van der Waals surface area contributed by atoms with E-state index in [1.54, 1.807) is 0 Å². The van der Waals surface area contributed by atoms with Gasteiger partial charge < -0.3 is 4.98 Å². The fraction of sp³-hybridized carbons (Fsp3) is 0.286. The predicted molar refractivity (Wildman–Crippen MR) is 80.4 cm³/mol. The molecule has 2 rings (SSSR count). The third kappa shape index (κ3) is 2.40. The molecule has 0 bridgehead atoms. The Morgan fingerprint density at radius 1 is 1.22 bits per heavy atom. The fourth-order valence-electron chi connectivity index (χ4n) is 1.86. The first-order chi connectivity index (χ1) is 8.43. The van der Waals surface area contributed by atoms with Crippen molar-refractivity contribution in [1.82, 2.24) is 9.97 Å². The molecule has 0 saturated carbocycles. The highest BCUT2D eigenvalue weighted by atomic mass is 79.9. The van der Waals surface area contributed by atoms with Crippen molar-refractivity contribution in [2.24, 2.45) is 0 Å². The Kier molecular flexibility index (Phi) is 3.69. The third-order valence-electron chi connectivity index (χ3n) is 3.12. The SMILES string of the molecule is Cc1[nH]c(C(C)(C)c2ccccc2)nc(=S)c1Br. The van der Waals surface area contributed by atoms with E-state index in [-0.39, 0.29) is 5.41 Å². The molecule has 1 heterocycles. The monoisotopic (exact) mass is 322 g/mol. The molecule has 18 heavy (non-hydrogen) atoms. The van der Waals surface area contributed by atoms with Gasteiger partial charge >= 0.3 is 0 Å². The van der Waals surface area contributed by atoms with E-state index in [4.69, 9.17) is 12.2 Å². The Morgan fingerprint density at radius 3 is 2.39 bits per heavy atom. The summed E-state index contributed by atoms with van der Waals surface area (Å²) in [5, 5.41) is 0. The second kappa shape index (κ2) is 4.94. The van der Waals surface area contributed by atoms with Gasteiger partial charge in [-0.15, -0.1) is 0 Å². The summed E-state index contributed by atoms with van der Waals surface area (Å²) in [4.78, 5) is 7.82. The van der Waals surface area contributed by atoms with Crippen molar-refractivity contribution in [1.29, 1.82) is 0 Å². The number of H-pyrrole nitrogens is 1. The summed E-state index contributed by atoms with van der Waals surface area (Å²) < 4.78 is 1.47. The van der Waals surface area contributed by atoms with Crippen molar-refractivity contribution in [3.8, 4) is 0 Å². The van der Waals surface area contributed by atoms with E-state index in [0.717, 1.165) is 16.0 Å². The summed E-state index contributed by atoms with van der Waals surface area (Å²) in [6, 6.07) is 10.3. The number of rotatable bonds is 2. The van der Waals surface area contributed by atoms with Gasteiger partial charge in [0.15, 0.2) is 0 Å². The lowest BCUT2D eigenvalue weighted by atomic mass is 9.84. The van der Waals surface area contributed by atoms with Crippen LogP contribution in [0.5, 0.6) is 0 Å². The molecule has 1 N–H and O–H groups in total. The van der Waals surface area contributed by atoms with Gasteiger partial charge in [-0.25, -0.2) is 4.98 Å². The molecule has 0 amide bonds. The van der Waals surface area contributed by atoms with E-state index in [9.17, 15) is 0 Å². The van der Waals surface area contributed by atoms with E-state index in [0.29, 0.717) is 4.64 Å². The first-order valence-electron chi connectivity index (χ1n) is 5.75. The van der Waals surface area contributed by atoms with Gasteiger partial charge in [0.1, 0.15) is 10.5 Å². The number of aryl methyl sites for hydroxylation is 1. The van der Waals surface area contributed by atoms with Crippen molar-refractivity contribution in [3.63, 3.8) is 0 Å². The van der Waals surface area contributed by atoms with Crippen LogP contribution in [0.1, 0.15) is 30.9 Å². The average molecular weight is 323 g/mol. The summed E-state index contributed by atoms with van der Waals surface area (Å²) >= 11 is 8.71. The molecule has 0 fully saturated rings. The largest absolute Gasteiger partial charge is 0.346 e. The maximum atomic E-state index is 5.27. The number of hydrogen-bond acceptors (Lipinski definition) is 2. The highest BCUT2D eigenvalue weighted by Gasteiger charge is 2.26. The molecule has 0 spiro atoms. The second-order valence-corrected chi connectivity index (χ2v) is 6.00. The molecule has 2 aromatic rings. The lowest BCUT2D eigenvalue weighted by Gasteiger charge is -2.25. The van der Waals surface area contributed by atoms with E-state index in [1.165, 1.54) is 5.56 Å². The van der Waals surface area contributed by atoms with Gasteiger partial charge in [-0.3, -0.25) is 0 Å². The Morgan fingerprint density at radius 2 is 1.83 bits per heavy atom. The molecule has 0 saturated heterocycles. The lowest BCUT2D eigenvalue weighted by Crippen LogP contribution is -2.23. The zero-order valence-corrected chi connectivity index (χ0v) is 13.0. The van der Waals surface area contributed by atoms with E-state index in [1.807, 2.05) is 25.1 Å². The van der Waals surface area contributed by atoms with Crippen LogP contribution < -0.4 is 0 Å². The van der Waals surface area contributed by atoms with Crippen LogP contribution in [0.2, 0.25) is 0 Å². The Labute approximate surface area is 121 Å². The number of halogens is 1. The molecular weight excluding hydrogens is 308 g/mol. The number of nitrogens with zero attached hydrogens (tertiary/aromatic N) is 1. The van der Waals surface area contributed by atoms with Gasteiger partial charge in [0.05, 0.1) is 4.47 Å². The highest BCUT2D eigenvalue weighted by molar-refractivity contribution is 9.10. The Balaban J connectivity index is 2.58. The van der Waals surface area contributed by atoms with E-state index in [2.05, 4.69) is 51.9 Å². The summed E-state index contributed by atoms with van der Waals surface area (Å²) in [5.74, 6) is 0.888. The molecule has 0 radical (unpaired) electrons. The predicted octanol–water partition coefficient (Wildman–Crippen LogP) is 4.54. The number of aromatic nitrogens is 2. The number of aromatic amines is 1. The van der Waals surface area contributed by atoms with Crippen LogP contribution in [0.25, 0.3) is 0 Å². The van der Waals surface area contributed by atoms with Crippen LogP contribution in [0, 0.1) is 11.6 Å². The topological polar surface area (TPSA) is 28.7 Å². The first-order valence-corrected chi connectivity index (χ1v) is 6.95. The zero-order chi connectivity index (χ0) is 13.3. The van der Waals surface area contributed by atoms with Crippen molar-refractivity contribution in [3.05, 3.63) is 56.5 Å². The van der Waals surface area contributed by atoms with Gasteiger partial charge in [0, 0.05) is 11.1 Å². The van der Waals surface area contributed by atoms with Crippen molar-refractivity contribution < 1.29 is 0 Å². The minimum absolute atomic E-state index is 0.194. The van der Waals surface area contributed by atoms with Gasteiger partial charge in [-0.2, -0.15) is 0 Å². The number of nitrogens with one attached hydrogen (secondary N) is 1. The Hall–Kier alpha value is -1.00. The van der Waals surface area contributed by atoms with Crippen LogP contribution >= 0.6 is 28.1 Å². The summed E-state index contributed by atoms with van der Waals surface area (Å²) in [6.45, 7) is 6.28. The van der Waals surface area contributed by atoms with Crippen LogP contribution in [0.15, 0.2) is 34.8 Å². The molecule has 1 aromatic carbocycles. The number of hydrogen-bond donors (Lipinski definition) is 1. The molecule has 0 aliphatic heterocycles. The first kappa shape index (κ1) is 13.4. The Bertz CT molecular complexity index is 617. The average Bonchev–Trinajstić information content (AvgIpc) is 2.36. The minimum atomic E-state index is -0.194. The maximum absolute atomic E-state index is 5.27. The van der Waals surface area contributed by atoms with Crippen LogP contribution in [-0.2, 0) is 5.41 Å². The van der Waals surface area contributed by atoms with E-state index < -0.39 is 0 Å². The fourth-order valence-corrected chi connectivity index (χ4v) is 2.29. The third-order valence-corrected chi connectivity index (χ3v) is 4.65. The number of benzene rings is 1. The zero-order valence-electron chi connectivity index (χ0n) is 10.6. The highest BCUT2D eigenvalue weighted by Crippen LogP contribution is 2.29. The molecule has 4 heteroatoms. The quantitative estimate of drug-likeness (QED) is 0.822. The molecule has 0 atom stereocenters. The van der Waals surface area contributed by atoms with Gasteiger partial charge in [-0.1, -0.05) is 42.5 Å². The molecule has 0 unspecified atom stereocenters. The normalized spacial score (nSPS) is 11.6. The van der Waals surface area contributed by atoms with E-state index >= 15 is 0 Å². The summed E-state index contributed by atoms with van der Waals surface area (Å²) in [5.41, 5.74) is 2.03. The van der Waals surface area contributed by atoms with Crippen LogP contribution in [0.4, 0.5) is 0 Å². The summed E-state index contributed by atoms with van der Waals surface area (Å²) in [7, 11) is 0. The van der Waals surface area contributed by atoms with Gasteiger partial charge in [0.2, 0.25) is 0 Å². The molecular formula is C14H15BrN2S. The van der Waals surface area contributed by atoms with Gasteiger partial charge in [0.25, 0.3) is 0 Å². The van der Waals surface area contributed by atoms with Crippen molar-refractivity contribution in [2.75, 3.05) is 0 Å². The van der Waals surface area contributed by atoms with Crippen molar-refractivity contribution in [2.45, 2.75) is 26.2 Å². The van der Waals surface area contributed by atoms with Crippen LogP contribution in [0.3, 0.4) is 0 Å². The summed E-state index contributed by atoms with van der Waals surface area (Å²) in [6.07, 6.45) is 0. The molecule has 0 aliphatic carbocycles. The van der Waals surface area contributed by atoms with Crippen molar-refractivity contribution >= 4 is 28.1 Å². The van der Waals surface area contributed by atoms with Crippen LogP contribution in [-0.4, -0.2) is 9.97 Å².